The van der Waals surface area contributed by atoms with Gasteiger partial charge in [-0.3, -0.25) is 0 Å². The molecule has 1 N–H and O–H groups in total. The van der Waals surface area contributed by atoms with Crippen molar-refractivity contribution in [2.45, 2.75) is 38.5 Å². The van der Waals surface area contributed by atoms with Crippen LogP contribution in [0.15, 0.2) is 11.6 Å². The monoisotopic (exact) mass is 212 g/mol. The van der Waals surface area contributed by atoms with Crippen LogP contribution in [0.2, 0.25) is 0 Å². The van der Waals surface area contributed by atoms with E-state index in [1.807, 2.05) is 11.6 Å². The zero-order chi connectivity index (χ0) is 9.97. The van der Waals surface area contributed by atoms with Crippen molar-refractivity contribution in [2.75, 3.05) is 6.61 Å². The van der Waals surface area contributed by atoms with Crippen LogP contribution in [0.5, 0.6) is 0 Å². The van der Waals surface area contributed by atoms with Gasteiger partial charge in [0.05, 0.1) is 12.1 Å². The van der Waals surface area contributed by atoms with Crippen LogP contribution in [0.3, 0.4) is 0 Å². The van der Waals surface area contributed by atoms with Crippen molar-refractivity contribution < 1.29 is 4.74 Å². The first kappa shape index (κ1) is 10.1. The topological polar surface area (TPSA) is 34.1 Å². The third kappa shape index (κ3) is 2.13. The summed E-state index contributed by atoms with van der Waals surface area (Å²) in [5.74, 6) is 0. The van der Waals surface area contributed by atoms with E-state index in [1.165, 1.54) is 0 Å². The molecular weight excluding hydrogens is 196 g/mol. The molecule has 0 aliphatic carbocycles. The van der Waals surface area contributed by atoms with Crippen molar-refractivity contribution in [3.05, 3.63) is 16.6 Å². The van der Waals surface area contributed by atoms with Crippen LogP contribution < -0.4 is 5.32 Å². The van der Waals surface area contributed by atoms with Crippen molar-refractivity contribution in [1.29, 1.82) is 0 Å². The zero-order valence-corrected chi connectivity index (χ0v) is 9.38. The van der Waals surface area contributed by atoms with E-state index in [2.05, 4.69) is 24.1 Å². The summed E-state index contributed by atoms with van der Waals surface area (Å²) in [5.41, 5.74) is 0. The molecule has 1 aromatic heterocycles. The molecule has 1 aromatic rings. The molecule has 14 heavy (non-hydrogen) atoms. The van der Waals surface area contributed by atoms with Gasteiger partial charge < -0.3 is 10.1 Å². The van der Waals surface area contributed by atoms with Crippen LogP contribution >= 0.6 is 11.3 Å². The molecule has 0 radical (unpaired) electrons. The highest BCUT2D eigenvalue weighted by molar-refractivity contribution is 7.09. The molecule has 2 heterocycles. The second-order valence-corrected chi connectivity index (χ2v) is 4.66. The standard InChI is InChI=1S/C10H16N2OS/c1-7(10-11-4-6-14-10)12-9-3-5-13-8(9)2/h4,6-9,12H,3,5H2,1-2H3/t7?,8-,9-/m1/s1. The van der Waals surface area contributed by atoms with Gasteiger partial charge in [0.15, 0.2) is 0 Å². The first-order valence-corrected chi connectivity index (χ1v) is 5.92. The number of rotatable bonds is 3. The minimum atomic E-state index is 0.331. The van der Waals surface area contributed by atoms with Gasteiger partial charge in [-0.1, -0.05) is 0 Å². The lowest BCUT2D eigenvalue weighted by Gasteiger charge is -2.20. The van der Waals surface area contributed by atoms with Crippen molar-refractivity contribution in [2.24, 2.45) is 0 Å². The second kappa shape index (κ2) is 4.38. The third-order valence-corrected chi connectivity index (χ3v) is 3.62. The molecule has 0 spiro atoms. The average molecular weight is 212 g/mol. The maximum atomic E-state index is 5.50. The van der Waals surface area contributed by atoms with Gasteiger partial charge in [-0.25, -0.2) is 4.98 Å². The summed E-state index contributed by atoms with van der Waals surface area (Å²) in [6, 6.07) is 0.818. The lowest BCUT2D eigenvalue weighted by atomic mass is 10.1. The van der Waals surface area contributed by atoms with Gasteiger partial charge in [-0.05, 0) is 20.3 Å². The quantitative estimate of drug-likeness (QED) is 0.831. The van der Waals surface area contributed by atoms with Crippen LogP contribution in [-0.2, 0) is 4.74 Å². The van der Waals surface area contributed by atoms with E-state index >= 15 is 0 Å². The number of ether oxygens (including phenoxy) is 1. The average Bonchev–Trinajstić information content (AvgIpc) is 2.77. The van der Waals surface area contributed by atoms with E-state index in [0.29, 0.717) is 18.2 Å². The van der Waals surface area contributed by atoms with Crippen molar-refractivity contribution in [1.82, 2.24) is 10.3 Å². The molecule has 3 nitrogen and oxygen atoms in total. The SMILES string of the molecule is CC(N[C@@H]1CCO[C@@H]1C)c1nccs1. The molecule has 4 heteroatoms. The Morgan fingerprint density at radius 3 is 3.14 bits per heavy atom. The number of hydrogen-bond donors (Lipinski definition) is 1. The number of nitrogens with zero attached hydrogens (tertiary/aromatic N) is 1. The fourth-order valence-electron chi connectivity index (χ4n) is 1.79. The molecule has 0 bridgehead atoms. The van der Waals surface area contributed by atoms with E-state index in [9.17, 15) is 0 Å². The maximum absolute atomic E-state index is 5.50. The van der Waals surface area contributed by atoms with Gasteiger partial charge in [0.1, 0.15) is 5.01 Å². The molecule has 1 unspecified atom stereocenters. The molecular formula is C10H16N2OS. The highest BCUT2D eigenvalue weighted by atomic mass is 32.1. The van der Waals surface area contributed by atoms with Crippen molar-refractivity contribution in [3.8, 4) is 0 Å². The predicted molar refractivity (Wildman–Crippen MR) is 57.5 cm³/mol. The molecule has 1 aliphatic rings. The van der Waals surface area contributed by atoms with Crippen molar-refractivity contribution in [3.63, 3.8) is 0 Å². The van der Waals surface area contributed by atoms with Crippen LogP contribution in [0, 0.1) is 0 Å². The summed E-state index contributed by atoms with van der Waals surface area (Å²) in [4.78, 5) is 4.30. The highest BCUT2D eigenvalue weighted by Gasteiger charge is 2.25. The Kier molecular flexibility index (Phi) is 3.15. The maximum Gasteiger partial charge on any atom is 0.109 e. The Morgan fingerprint density at radius 2 is 2.57 bits per heavy atom. The van der Waals surface area contributed by atoms with Gasteiger partial charge in [-0.15, -0.1) is 11.3 Å². The molecule has 1 saturated heterocycles. The summed E-state index contributed by atoms with van der Waals surface area (Å²) in [7, 11) is 0. The minimum absolute atomic E-state index is 0.331. The first-order valence-electron chi connectivity index (χ1n) is 5.04. The van der Waals surface area contributed by atoms with E-state index in [0.717, 1.165) is 18.0 Å². The minimum Gasteiger partial charge on any atom is -0.377 e. The normalized spacial score (nSPS) is 29.3. The molecule has 3 atom stereocenters. The van der Waals surface area contributed by atoms with Gasteiger partial charge in [0, 0.05) is 24.2 Å². The molecule has 0 aromatic carbocycles. The Balaban J connectivity index is 1.91. The summed E-state index contributed by atoms with van der Waals surface area (Å²) < 4.78 is 5.50. The lowest BCUT2D eigenvalue weighted by molar-refractivity contribution is 0.111. The van der Waals surface area contributed by atoms with Crippen LogP contribution in [0.25, 0.3) is 0 Å². The van der Waals surface area contributed by atoms with E-state index in [4.69, 9.17) is 4.74 Å². The van der Waals surface area contributed by atoms with Crippen LogP contribution in [0.4, 0.5) is 0 Å². The molecule has 0 amide bonds. The second-order valence-electron chi connectivity index (χ2n) is 3.73. The summed E-state index contributed by atoms with van der Waals surface area (Å²) in [6.07, 6.45) is 3.29. The zero-order valence-electron chi connectivity index (χ0n) is 8.56. The highest BCUT2D eigenvalue weighted by Crippen LogP contribution is 2.20. The lowest BCUT2D eigenvalue weighted by Crippen LogP contribution is -2.36. The van der Waals surface area contributed by atoms with Crippen LogP contribution in [0.1, 0.15) is 31.3 Å². The predicted octanol–water partition coefficient (Wildman–Crippen LogP) is 1.97. The summed E-state index contributed by atoms with van der Waals surface area (Å²) >= 11 is 1.70. The van der Waals surface area contributed by atoms with E-state index < -0.39 is 0 Å². The van der Waals surface area contributed by atoms with Crippen molar-refractivity contribution >= 4 is 11.3 Å². The summed E-state index contributed by atoms with van der Waals surface area (Å²) in [5, 5.41) is 6.73. The number of nitrogens with one attached hydrogen (secondary N) is 1. The number of hydrogen-bond acceptors (Lipinski definition) is 4. The van der Waals surface area contributed by atoms with Gasteiger partial charge >= 0.3 is 0 Å². The molecule has 2 rings (SSSR count). The number of aromatic nitrogens is 1. The van der Waals surface area contributed by atoms with E-state index in [-0.39, 0.29) is 0 Å². The number of thiazole rings is 1. The third-order valence-electron chi connectivity index (χ3n) is 2.66. The summed E-state index contributed by atoms with van der Waals surface area (Å²) in [6.45, 7) is 5.16. The fourth-order valence-corrected chi connectivity index (χ4v) is 2.45. The van der Waals surface area contributed by atoms with Gasteiger partial charge in [-0.2, -0.15) is 0 Å². The first-order chi connectivity index (χ1) is 6.77. The van der Waals surface area contributed by atoms with Gasteiger partial charge in [0.2, 0.25) is 0 Å². The Bertz CT molecular complexity index is 276. The Hall–Kier alpha value is -0.450. The molecule has 0 saturated carbocycles. The molecule has 1 aliphatic heterocycles. The molecule has 1 fully saturated rings. The van der Waals surface area contributed by atoms with E-state index in [1.54, 1.807) is 11.3 Å². The Labute approximate surface area is 88.5 Å². The Morgan fingerprint density at radius 1 is 1.71 bits per heavy atom. The smallest absolute Gasteiger partial charge is 0.109 e. The fraction of sp³-hybridized carbons (Fsp3) is 0.700. The molecule has 78 valence electrons. The largest absolute Gasteiger partial charge is 0.377 e. The van der Waals surface area contributed by atoms with Crippen LogP contribution in [-0.4, -0.2) is 23.7 Å². The van der Waals surface area contributed by atoms with Gasteiger partial charge in [0.25, 0.3) is 0 Å².